The Morgan fingerprint density at radius 1 is 1.16 bits per heavy atom. The maximum atomic E-state index is 13.1. The summed E-state index contributed by atoms with van der Waals surface area (Å²) in [5.74, 6) is -0.730. The molecule has 0 spiro atoms. The molecule has 0 saturated heterocycles. The van der Waals surface area contributed by atoms with E-state index < -0.39 is 11.5 Å². The number of benzene rings is 1. The Kier molecular flexibility index (Phi) is 7.41. The van der Waals surface area contributed by atoms with Gasteiger partial charge in [0.1, 0.15) is 5.82 Å². The van der Waals surface area contributed by atoms with Gasteiger partial charge >= 0.3 is 5.97 Å². The smallest absolute Gasteiger partial charge is 0.303 e. The van der Waals surface area contributed by atoms with Gasteiger partial charge in [-0.1, -0.05) is 23.9 Å². The number of hydrogen-bond donors (Lipinski definition) is 1. The summed E-state index contributed by atoms with van der Waals surface area (Å²) in [7, 11) is 1.65. The molecule has 0 atom stereocenters. The summed E-state index contributed by atoms with van der Waals surface area (Å²) in [6.45, 7) is 0.384. The third-order valence-corrected chi connectivity index (χ3v) is 5.73. The Labute approximate surface area is 182 Å². The van der Waals surface area contributed by atoms with Crippen molar-refractivity contribution in [2.24, 2.45) is 7.05 Å². The summed E-state index contributed by atoms with van der Waals surface area (Å²) < 4.78 is 16.3. The van der Waals surface area contributed by atoms with Crippen LogP contribution in [-0.4, -0.2) is 25.2 Å². The third-order valence-electron chi connectivity index (χ3n) is 4.66. The van der Waals surface area contributed by atoms with E-state index in [2.05, 4.69) is 4.98 Å². The van der Waals surface area contributed by atoms with Crippen LogP contribution in [0.25, 0.3) is 0 Å². The minimum atomic E-state index is -0.894. The van der Waals surface area contributed by atoms with Crippen LogP contribution in [0.1, 0.15) is 29.5 Å². The van der Waals surface area contributed by atoms with Gasteiger partial charge in [0.2, 0.25) is 0 Å². The molecular weight excluding hydrogens is 421 g/mol. The van der Waals surface area contributed by atoms with E-state index in [0.717, 1.165) is 5.56 Å². The zero-order valence-corrected chi connectivity index (χ0v) is 17.8. The molecule has 3 rings (SSSR count). The monoisotopic (exact) mass is 443 g/mol. The molecule has 2 aromatic heterocycles. The zero-order chi connectivity index (χ0) is 22.4. The van der Waals surface area contributed by atoms with Crippen molar-refractivity contribution < 1.29 is 14.3 Å². The second kappa shape index (κ2) is 10.2. The molecule has 2 heterocycles. The summed E-state index contributed by atoms with van der Waals surface area (Å²) in [5.41, 5.74) is 1.44. The van der Waals surface area contributed by atoms with Gasteiger partial charge in [-0.2, -0.15) is 4.98 Å². The lowest BCUT2D eigenvalue weighted by Crippen LogP contribution is -2.21. The average Bonchev–Trinajstić information content (AvgIpc) is 2.72. The summed E-state index contributed by atoms with van der Waals surface area (Å²) in [5, 5.41) is 9.40. The van der Waals surface area contributed by atoms with Gasteiger partial charge in [-0.3, -0.25) is 14.4 Å². The molecule has 162 valence electrons. The van der Waals surface area contributed by atoms with E-state index in [1.165, 1.54) is 34.5 Å². The number of aliphatic carboxylic acids is 1. The van der Waals surface area contributed by atoms with Crippen LogP contribution in [-0.2, 0) is 30.6 Å². The van der Waals surface area contributed by atoms with Gasteiger partial charge in [-0.15, -0.1) is 0 Å². The molecule has 0 fully saturated rings. The Balaban J connectivity index is 1.85. The molecule has 0 aliphatic heterocycles. The molecule has 0 radical (unpaired) electrons. The number of pyridine rings is 1. The van der Waals surface area contributed by atoms with Crippen LogP contribution in [0.5, 0.6) is 0 Å². The predicted molar refractivity (Wildman–Crippen MR) is 116 cm³/mol. The predicted octanol–water partition coefficient (Wildman–Crippen LogP) is 2.83. The summed E-state index contributed by atoms with van der Waals surface area (Å²) in [6, 6.07) is 9.32. The fourth-order valence-electron chi connectivity index (χ4n) is 2.97. The van der Waals surface area contributed by atoms with Crippen LogP contribution >= 0.6 is 11.8 Å². The lowest BCUT2D eigenvalue weighted by atomic mass is 10.1. The lowest BCUT2D eigenvalue weighted by Gasteiger charge is -2.14. The van der Waals surface area contributed by atoms with Gasteiger partial charge in [0.15, 0.2) is 5.16 Å². The minimum absolute atomic E-state index is 0.00173. The number of aryl methyl sites for hydroxylation is 2. The molecule has 0 aliphatic carbocycles. The van der Waals surface area contributed by atoms with Crippen molar-refractivity contribution in [2.75, 3.05) is 0 Å². The first-order valence-corrected chi connectivity index (χ1v) is 10.7. The van der Waals surface area contributed by atoms with Crippen LogP contribution in [0, 0.1) is 5.82 Å². The standard InChI is InChI=1S/C22H22FN3O4S/c1-25-10-8-16(12-19(25)27)11-17-13-26(9-2-3-20(28)29)22(24-21(17)30)31-14-15-4-6-18(23)7-5-15/h4-8,10,12-13H,2-3,9,11,14H2,1H3,(H,28,29). The van der Waals surface area contributed by atoms with Gasteiger partial charge in [-0.25, -0.2) is 4.39 Å². The summed E-state index contributed by atoms with van der Waals surface area (Å²) in [6.07, 6.45) is 3.96. The molecule has 1 aromatic carbocycles. The fourth-order valence-corrected chi connectivity index (χ4v) is 3.91. The number of aromatic nitrogens is 3. The number of rotatable bonds is 9. The van der Waals surface area contributed by atoms with Crippen LogP contribution in [0.3, 0.4) is 0 Å². The van der Waals surface area contributed by atoms with Crippen molar-refractivity contribution in [3.05, 3.63) is 92.0 Å². The molecule has 0 aliphatic rings. The van der Waals surface area contributed by atoms with Crippen molar-refractivity contribution in [3.8, 4) is 0 Å². The van der Waals surface area contributed by atoms with E-state index in [4.69, 9.17) is 5.11 Å². The van der Waals surface area contributed by atoms with E-state index >= 15 is 0 Å². The third kappa shape index (κ3) is 6.39. The quantitative estimate of drug-likeness (QED) is 0.404. The number of carboxylic acid groups (broad SMARTS) is 1. The van der Waals surface area contributed by atoms with Gasteiger partial charge in [0.05, 0.1) is 0 Å². The molecule has 0 saturated carbocycles. The molecule has 0 amide bonds. The molecule has 3 aromatic rings. The van der Waals surface area contributed by atoms with Crippen LogP contribution in [0.4, 0.5) is 4.39 Å². The van der Waals surface area contributed by atoms with Crippen molar-refractivity contribution in [2.45, 2.75) is 36.7 Å². The summed E-state index contributed by atoms with van der Waals surface area (Å²) in [4.78, 5) is 39.6. The second-order valence-electron chi connectivity index (χ2n) is 7.12. The fraction of sp³-hybridized carbons (Fsp3) is 0.273. The average molecular weight is 444 g/mol. The van der Waals surface area contributed by atoms with Crippen molar-refractivity contribution >= 4 is 17.7 Å². The Morgan fingerprint density at radius 2 is 1.90 bits per heavy atom. The first-order chi connectivity index (χ1) is 14.8. The number of hydrogen-bond acceptors (Lipinski definition) is 5. The molecule has 1 N–H and O–H groups in total. The number of carboxylic acids is 1. The molecule has 9 heteroatoms. The van der Waals surface area contributed by atoms with E-state index in [1.807, 2.05) is 0 Å². The molecular formula is C22H22FN3O4S. The molecule has 31 heavy (non-hydrogen) atoms. The Hall–Kier alpha value is -3.20. The normalized spacial score (nSPS) is 10.9. The maximum Gasteiger partial charge on any atom is 0.303 e. The van der Waals surface area contributed by atoms with Gasteiger partial charge in [0, 0.05) is 56.2 Å². The highest BCUT2D eigenvalue weighted by molar-refractivity contribution is 7.98. The van der Waals surface area contributed by atoms with Crippen molar-refractivity contribution in [3.63, 3.8) is 0 Å². The first-order valence-electron chi connectivity index (χ1n) is 9.67. The number of halogens is 1. The highest BCUT2D eigenvalue weighted by atomic mass is 32.2. The molecule has 0 bridgehead atoms. The van der Waals surface area contributed by atoms with Crippen LogP contribution in [0.2, 0.25) is 0 Å². The number of thioether (sulfide) groups is 1. The number of nitrogens with zero attached hydrogens (tertiary/aromatic N) is 3. The Bertz CT molecular complexity index is 1190. The first kappa shape index (κ1) is 22.5. The Morgan fingerprint density at radius 3 is 2.58 bits per heavy atom. The van der Waals surface area contributed by atoms with E-state index in [1.54, 1.807) is 42.2 Å². The SMILES string of the molecule is Cn1ccc(Cc2cn(CCCC(=O)O)c(SCc3ccc(F)cc3)nc2=O)cc1=O. The van der Waals surface area contributed by atoms with E-state index in [0.29, 0.717) is 35.0 Å². The van der Waals surface area contributed by atoms with Crippen LogP contribution < -0.4 is 11.1 Å². The largest absolute Gasteiger partial charge is 0.481 e. The van der Waals surface area contributed by atoms with Gasteiger partial charge < -0.3 is 14.2 Å². The van der Waals surface area contributed by atoms with Gasteiger partial charge in [0.25, 0.3) is 11.1 Å². The van der Waals surface area contributed by atoms with E-state index in [-0.39, 0.29) is 24.2 Å². The van der Waals surface area contributed by atoms with E-state index in [9.17, 15) is 18.8 Å². The zero-order valence-electron chi connectivity index (χ0n) is 17.0. The topological polar surface area (TPSA) is 94.2 Å². The van der Waals surface area contributed by atoms with Crippen molar-refractivity contribution in [1.82, 2.24) is 14.1 Å². The highest BCUT2D eigenvalue weighted by Crippen LogP contribution is 2.21. The molecule has 0 unspecified atom stereocenters. The van der Waals surface area contributed by atoms with Gasteiger partial charge in [-0.05, 0) is 35.7 Å². The minimum Gasteiger partial charge on any atom is -0.481 e. The molecule has 7 nitrogen and oxygen atoms in total. The second-order valence-corrected chi connectivity index (χ2v) is 8.06. The van der Waals surface area contributed by atoms with Crippen LogP contribution in [0.15, 0.2) is 63.5 Å². The summed E-state index contributed by atoms with van der Waals surface area (Å²) >= 11 is 1.33. The maximum absolute atomic E-state index is 13.1. The highest BCUT2D eigenvalue weighted by Gasteiger charge is 2.12. The van der Waals surface area contributed by atoms with Crippen molar-refractivity contribution in [1.29, 1.82) is 0 Å². The lowest BCUT2D eigenvalue weighted by molar-refractivity contribution is -0.137. The number of carbonyl (C=O) groups is 1.